The molecule has 0 bridgehead atoms. The Labute approximate surface area is 124 Å². The van der Waals surface area contributed by atoms with Gasteiger partial charge in [-0.3, -0.25) is 9.59 Å². The van der Waals surface area contributed by atoms with Crippen molar-refractivity contribution in [2.75, 3.05) is 6.61 Å². The number of carboxylic acids is 1. The van der Waals surface area contributed by atoms with E-state index in [0.717, 1.165) is 0 Å². The van der Waals surface area contributed by atoms with Gasteiger partial charge in [-0.05, 0) is 24.1 Å². The number of benzene rings is 1. The Kier molecular flexibility index (Phi) is 4.58. The summed E-state index contributed by atoms with van der Waals surface area (Å²) < 4.78 is 40.8. The first-order chi connectivity index (χ1) is 10.3. The van der Waals surface area contributed by atoms with E-state index in [9.17, 15) is 22.8 Å². The summed E-state index contributed by atoms with van der Waals surface area (Å²) in [5.74, 6) is -2.47. The molecule has 2 N–H and O–H groups in total. The van der Waals surface area contributed by atoms with Gasteiger partial charge in [-0.25, -0.2) is 0 Å². The molecule has 0 aliphatic heterocycles. The van der Waals surface area contributed by atoms with E-state index in [4.69, 9.17) is 5.11 Å². The van der Waals surface area contributed by atoms with Crippen LogP contribution >= 0.6 is 0 Å². The molecular formula is C14H14F3NO4. The van der Waals surface area contributed by atoms with Crippen LogP contribution in [-0.4, -0.2) is 29.8 Å². The van der Waals surface area contributed by atoms with E-state index in [1.807, 2.05) is 0 Å². The summed E-state index contributed by atoms with van der Waals surface area (Å²) >= 11 is 0. The number of carboxylic acid groups (broad SMARTS) is 1. The number of carbonyl (C=O) groups is 2. The fourth-order valence-electron chi connectivity index (χ4n) is 1.99. The van der Waals surface area contributed by atoms with Gasteiger partial charge < -0.3 is 15.2 Å². The third-order valence-corrected chi connectivity index (χ3v) is 3.21. The lowest BCUT2D eigenvalue weighted by atomic mass is 10.2. The van der Waals surface area contributed by atoms with Gasteiger partial charge >= 0.3 is 12.1 Å². The Hall–Kier alpha value is -2.25. The van der Waals surface area contributed by atoms with Gasteiger partial charge in [0.1, 0.15) is 5.75 Å². The van der Waals surface area contributed by atoms with Crippen LogP contribution in [0.15, 0.2) is 24.3 Å². The second-order valence-electron chi connectivity index (χ2n) is 5.06. The van der Waals surface area contributed by atoms with Crippen LogP contribution in [-0.2, 0) is 16.1 Å². The highest BCUT2D eigenvalue weighted by Gasteiger charge is 2.48. The topological polar surface area (TPSA) is 75.6 Å². The molecule has 0 heterocycles. The Morgan fingerprint density at radius 1 is 1.32 bits per heavy atom. The van der Waals surface area contributed by atoms with Crippen LogP contribution in [0.1, 0.15) is 12.0 Å². The lowest BCUT2D eigenvalue weighted by Crippen LogP contribution is -2.26. The first kappa shape index (κ1) is 16.1. The number of amides is 1. The molecule has 1 saturated carbocycles. The summed E-state index contributed by atoms with van der Waals surface area (Å²) in [7, 11) is 0. The van der Waals surface area contributed by atoms with Crippen molar-refractivity contribution in [3.05, 3.63) is 29.8 Å². The second-order valence-corrected chi connectivity index (χ2v) is 5.06. The number of aliphatic carboxylic acids is 1. The van der Waals surface area contributed by atoms with Gasteiger partial charge in [-0.15, -0.1) is 0 Å². The molecule has 1 fully saturated rings. The third-order valence-electron chi connectivity index (χ3n) is 3.21. The maximum absolute atomic E-state index is 12.1. The quantitative estimate of drug-likeness (QED) is 0.841. The van der Waals surface area contributed by atoms with Crippen LogP contribution in [0.25, 0.3) is 0 Å². The molecule has 2 rings (SSSR count). The first-order valence-corrected chi connectivity index (χ1v) is 6.55. The van der Waals surface area contributed by atoms with E-state index in [-0.39, 0.29) is 18.2 Å². The van der Waals surface area contributed by atoms with Gasteiger partial charge in [0, 0.05) is 6.54 Å². The SMILES string of the molecule is O=C(O)[C@H]1C[C@H]1C(=O)NCc1cccc(OCC(F)(F)F)c1. The summed E-state index contributed by atoms with van der Waals surface area (Å²) in [5, 5.41) is 11.3. The average molecular weight is 317 g/mol. The average Bonchev–Trinajstić information content (AvgIpc) is 3.23. The molecule has 1 amide bonds. The van der Waals surface area contributed by atoms with Gasteiger partial charge in [0.25, 0.3) is 0 Å². The van der Waals surface area contributed by atoms with Crippen molar-refractivity contribution in [3.63, 3.8) is 0 Å². The predicted octanol–water partition coefficient (Wildman–Crippen LogP) is 1.96. The normalized spacial score (nSPS) is 20.3. The molecule has 22 heavy (non-hydrogen) atoms. The molecule has 0 saturated heterocycles. The lowest BCUT2D eigenvalue weighted by Gasteiger charge is -2.10. The maximum atomic E-state index is 12.1. The summed E-state index contributed by atoms with van der Waals surface area (Å²) in [6.45, 7) is -1.28. The van der Waals surface area contributed by atoms with Crippen LogP contribution in [0.5, 0.6) is 5.75 Å². The van der Waals surface area contributed by atoms with Crippen LogP contribution in [0.4, 0.5) is 13.2 Å². The van der Waals surface area contributed by atoms with E-state index in [1.54, 1.807) is 6.07 Å². The Morgan fingerprint density at radius 2 is 2.05 bits per heavy atom. The van der Waals surface area contributed by atoms with Gasteiger partial charge in [-0.2, -0.15) is 13.2 Å². The summed E-state index contributed by atoms with van der Waals surface area (Å²) in [5.41, 5.74) is 0.570. The Morgan fingerprint density at radius 3 is 2.64 bits per heavy atom. The number of rotatable bonds is 6. The van der Waals surface area contributed by atoms with Crippen molar-refractivity contribution in [1.29, 1.82) is 0 Å². The van der Waals surface area contributed by atoms with E-state index in [1.165, 1.54) is 18.2 Å². The third kappa shape index (κ3) is 4.64. The molecule has 1 aromatic carbocycles. The molecule has 0 unspecified atom stereocenters. The van der Waals surface area contributed by atoms with Crippen LogP contribution in [0.3, 0.4) is 0 Å². The zero-order chi connectivity index (χ0) is 16.3. The summed E-state index contributed by atoms with van der Waals surface area (Å²) in [6.07, 6.45) is -4.10. The lowest BCUT2D eigenvalue weighted by molar-refractivity contribution is -0.153. The number of hydrogen-bond donors (Lipinski definition) is 2. The number of carbonyl (C=O) groups excluding carboxylic acids is 1. The molecule has 0 spiro atoms. The minimum absolute atomic E-state index is 0.0545. The van der Waals surface area contributed by atoms with Gasteiger partial charge in [0.15, 0.2) is 6.61 Å². The second kappa shape index (κ2) is 6.25. The number of hydrogen-bond acceptors (Lipinski definition) is 3. The molecule has 8 heteroatoms. The van der Waals surface area contributed by atoms with Crippen molar-refractivity contribution in [2.24, 2.45) is 11.8 Å². The molecule has 1 aromatic rings. The van der Waals surface area contributed by atoms with E-state index >= 15 is 0 Å². The Balaban J connectivity index is 1.83. The predicted molar refractivity (Wildman–Crippen MR) is 69.1 cm³/mol. The number of nitrogens with one attached hydrogen (secondary N) is 1. The summed E-state index contributed by atoms with van der Waals surface area (Å²) in [6, 6.07) is 5.93. The van der Waals surface area contributed by atoms with Crippen molar-refractivity contribution in [2.45, 2.75) is 19.1 Å². The fraction of sp³-hybridized carbons (Fsp3) is 0.429. The van der Waals surface area contributed by atoms with Crippen LogP contribution in [0.2, 0.25) is 0 Å². The smallest absolute Gasteiger partial charge is 0.422 e. The zero-order valence-corrected chi connectivity index (χ0v) is 11.4. The molecule has 1 aliphatic rings. The summed E-state index contributed by atoms with van der Waals surface area (Å²) in [4.78, 5) is 22.3. The highest BCUT2D eigenvalue weighted by molar-refractivity contribution is 5.89. The highest BCUT2D eigenvalue weighted by atomic mass is 19.4. The van der Waals surface area contributed by atoms with Crippen LogP contribution < -0.4 is 10.1 Å². The number of ether oxygens (including phenoxy) is 1. The fourth-order valence-corrected chi connectivity index (χ4v) is 1.99. The Bertz CT molecular complexity index is 573. The van der Waals surface area contributed by atoms with Crippen molar-refractivity contribution >= 4 is 11.9 Å². The van der Waals surface area contributed by atoms with Crippen molar-refractivity contribution < 1.29 is 32.6 Å². The molecule has 1 aliphatic carbocycles. The number of alkyl halides is 3. The van der Waals surface area contributed by atoms with Gasteiger partial charge in [0.05, 0.1) is 11.8 Å². The van der Waals surface area contributed by atoms with E-state index in [2.05, 4.69) is 10.1 Å². The highest BCUT2D eigenvalue weighted by Crippen LogP contribution is 2.38. The maximum Gasteiger partial charge on any atom is 0.422 e. The zero-order valence-electron chi connectivity index (χ0n) is 11.4. The van der Waals surface area contributed by atoms with E-state index < -0.39 is 30.6 Å². The van der Waals surface area contributed by atoms with Gasteiger partial charge in [-0.1, -0.05) is 12.1 Å². The van der Waals surface area contributed by atoms with Crippen molar-refractivity contribution in [3.8, 4) is 5.75 Å². The molecular weight excluding hydrogens is 303 g/mol. The molecule has 0 aromatic heterocycles. The van der Waals surface area contributed by atoms with Gasteiger partial charge in [0.2, 0.25) is 5.91 Å². The molecule has 0 radical (unpaired) electrons. The van der Waals surface area contributed by atoms with E-state index in [0.29, 0.717) is 12.0 Å². The number of halogens is 3. The minimum atomic E-state index is -4.41. The molecule has 120 valence electrons. The molecule has 2 atom stereocenters. The van der Waals surface area contributed by atoms with Crippen molar-refractivity contribution in [1.82, 2.24) is 5.32 Å². The monoisotopic (exact) mass is 317 g/mol. The standard InChI is InChI=1S/C14H14F3NO4/c15-14(16,17)7-22-9-3-1-2-8(4-9)6-18-12(19)10-5-11(10)13(20)21/h1-4,10-11H,5-7H2,(H,18,19)(H,20,21)/t10-,11+/m1/s1. The van der Waals surface area contributed by atoms with Crippen LogP contribution in [0, 0.1) is 11.8 Å². The molecule has 5 nitrogen and oxygen atoms in total. The first-order valence-electron chi connectivity index (χ1n) is 6.55. The minimum Gasteiger partial charge on any atom is -0.484 e. The largest absolute Gasteiger partial charge is 0.484 e.